The lowest BCUT2D eigenvalue weighted by atomic mass is 9.95. The number of ether oxygens (including phenoxy) is 2. The zero-order valence-electron chi connectivity index (χ0n) is 19.6. The number of benzene rings is 3. The minimum Gasteiger partial charge on any atom is -0.492 e. The lowest BCUT2D eigenvalue weighted by molar-refractivity contribution is 0.261. The maximum atomic E-state index is 5.98. The van der Waals surface area contributed by atoms with Crippen molar-refractivity contribution in [3.63, 3.8) is 0 Å². The van der Waals surface area contributed by atoms with Crippen LogP contribution in [0.1, 0.15) is 16.7 Å². The molecular weight excluding hydrogens is 396 g/mol. The number of likely N-dealkylation sites (N-methyl/N-ethyl adjacent to an activating group) is 2. The van der Waals surface area contributed by atoms with E-state index < -0.39 is 0 Å². The van der Waals surface area contributed by atoms with E-state index in [1.807, 2.05) is 52.5 Å². The largest absolute Gasteiger partial charge is 0.492 e. The summed E-state index contributed by atoms with van der Waals surface area (Å²) in [6.45, 7) is 3.09. The predicted molar refractivity (Wildman–Crippen MR) is 134 cm³/mol. The predicted octanol–water partition coefficient (Wildman–Crippen LogP) is 5.16. The van der Waals surface area contributed by atoms with E-state index in [4.69, 9.17) is 9.47 Å². The van der Waals surface area contributed by atoms with Gasteiger partial charge < -0.3 is 19.3 Å². The Balaban J connectivity index is 1.89. The molecule has 0 aliphatic rings. The van der Waals surface area contributed by atoms with Crippen molar-refractivity contribution in [3.8, 4) is 11.5 Å². The van der Waals surface area contributed by atoms with Gasteiger partial charge in [0.1, 0.15) is 24.7 Å². The zero-order valence-corrected chi connectivity index (χ0v) is 19.6. The lowest BCUT2D eigenvalue weighted by Gasteiger charge is -2.14. The third-order valence-corrected chi connectivity index (χ3v) is 5.01. The summed E-state index contributed by atoms with van der Waals surface area (Å²) in [6.07, 6.45) is 2.22. The van der Waals surface area contributed by atoms with E-state index in [0.29, 0.717) is 13.2 Å². The standard InChI is InChI=1S/C28H34N2O2/c1-29(2)16-18-31-26-14-8-10-23(20-26)21-28(24-11-6-5-7-12-24)25-13-9-15-27(22-25)32-19-17-30(3)4/h5-15,20-22H,16-19H2,1-4H3/b28-21-. The van der Waals surface area contributed by atoms with Crippen LogP contribution in [0.4, 0.5) is 0 Å². The van der Waals surface area contributed by atoms with Gasteiger partial charge in [0, 0.05) is 13.1 Å². The van der Waals surface area contributed by atoms with Crippen molar-refractivity contribution in [2.45, 2.75) is 0 Å². The van der Waals surface area contributed by atoms with Crippen LogP contribution in [0.2, 0.25) is 0 Å². The van der Waals surface area contributed by atoms with Crippen LogP contribution >= 0.6 is 0 Å². The van der Waals surface area contributed by atoms with E-state index in [1.165, 1.54) is 0 Å². The maximum absolute atomic E-state index is 5.98. The molecule has 3 aromatic rings. The summed E-state index contributed by atoms with van der Waals surface area (Å²) in [5.41, 5.74) is 4.54. The van der Waals surface area contributed by atoms with Crippen molar-refractivity contribution in [1.82, 2.24) is 9.80 Å². The number of nitrogens with zero attached hydrogens (tertiary/aromatic N) is 2. The van der Waals surface area contributed by atoms with Gasteiger partial charge in [0.25, 0.3) is 0 Å². The van der Waals surface area contributed by atoms with Gasteiger partial charge in [0.05, 0.1) is 0 Å². The molecule has 0 atom stereocenters. The lowest BCUT2D eigenvalue weighted by Crippen LogP contribution is -2.19. The fraction of sp³-hybridized carbons (Fsp3) is 0.286. The molecule has 3 aromatic carbocycles. The van der Waals surface area contributed by atoms with Crippen LogP contribution < -0.4 is 9.47 Å². The molecule has 0 radical (unpaired) electrons. The quantitative estimate of drug-likeness (QED) is 0.393. The first-order valence-electron chi connectivity index (χ1n) is 11.0. The molecule has 0 bridgehead atoms. The Kier molecular flexibility index (Phi) is 8.90. The third-order valence-electron chi connectivity index (χ3n) is 5.01. The summed E-state index contributed by atoms with van der Waals surface area (Å²) in [7, 11) is 8.20. The Morgan fingerprint density at radius 1 is 0.656 bits per heavy atom. The summed E-state index contributed by atoms with van der Waals surface area (Å²) >= 11 is 0. The minimum absolute atomic E-state index is 0.660. The van der Waals surface area contributed by atoms with E-state index >= 15 is 0 Å². The first kappa shape index (κ1) is 23.6. The summed E-state index contributed by atoms with van der Waals surface area (Å²) in [6, 6.07) is 27.0. The molecule has 0 fully saturated rings. The second-order valence-corrected chi connectivity index (χ2v) is 8.33. The second kappa shape index (κ2) is 12.1. The summed E-state index contributed by atoms with van der Waals surface area (Å²) < 4.78 is 11.9. The maximum Gasteiger partial charge on any atom is 0.119 e. The van der Waals surface area contributed by atoms with Gasteiger partial charge in [-0.05, 0) is 80.8 Å². The van der Waals surface area contributed by atoms with Crippen molar-refractivity contribution < 1.29 is 9.47 Å². The summed E-state index contributed by atoms with van der Waals surface area (Å²) in [5, 5.41) is 0. The van der Waals surface area contributed by atoms with Gasteiger partial charge in [-0.25, -0.2) is 0 Å². The highest BCUT2D eigenvalue weighted by Gasteiger charge is 2.08. The van der Waals surface area contributed by atoms with Gasteiger partial charge in [-0.1, -0.05) is 54.6 Å². The van der Waals surface area contributed by atoms with Crippen LogP contribution in [0.5, 0.6) is 11.5 Å². The third kappa shape index (κ3) is 7.56. The minimum atomic E-state index is 0.660. The highest BCUT2D eigenvalue weighted by Crippen LogP contribution is 2.29. The van der Waals surface area contributed by atoms with E-state index in [0.717, 1.165) is 46.9 Å². The van der Waals surface area contributed by atoms with Crippen LogP contribution in [0, 0.1) is 0 Å². The van der Waals surface area contributed by atoms with Crippen molar-refractivity contribution in [2.24, 2.45) is 0 Å². The molecule has 0 aliphatic heterocycles. The Bertz CT molecular complexity index is 997. The number of hydrogen-bond acceptors (Lipinski definition) is 4. The molecule has 0 unspecified atom stereocenters. The summed E-state index contributed by atoms with van der Waals surface area (Å²) in [5.74, 6) is 1.76. The monoisotopic (exact) mass is 430 g/mol. The van der Waals surface area contributed by atoms with Gasteiger partial charge >= 0.3 is 0 Å². The number of rotatable bonds is 11. The van der Waals surface area contributed by atoms with Crippen molar-refractivity contribution in [3.05, 3.63) is 95.6 Å². The molecule has 0 N–H and O–H groups in total. The normalized spacial score (nSPS) is 11.8. The Hall–Kier alpha value is -3.08. The molecule has 168 valence electrons. The SMILES string of the molecule is CN(C)CCOc1cccc(/C=C(/c2ccccc2)c2cccc(OCCN(C)C)c2)c1. The first-order chi connectivity index (χ1) is 15.5. The van der Waals surface area contributed by atoms with Crippen LogP contribution in [-0.4, -0.2) is 64.3 Å². The molecule has 3 rings (SSSR count). The highest BCUT2D eigenvalue weighted by atomic mass is 16.5. The average molecular weight is 431 g/mol. The highest BCUT2D eigenvalue weighted by molar-refractivity contribution is 5.91. The van der Waals surface area contributed by atoms with E-state index in [2.05, 4.69) is 70.5 Å². The smallest absolute Gasteiger partial charge is 0.119 e. The molecule has 0 aliphatic carbocycles. The van der Waals surface area contributed by atoms with E-state index in [1.54, 1.807) is 0 Å². The molecule has 0 heterocycles. The second-order valence-electron chi connectivity index (χ2n) is 8.33. The zero-order chi connectivity index (χ0) is 22.8. The van der Waals surface area contributed by atoms with Crippen LogP contribution in [-0.2, 0) is 0 Å². The van der Waals surface area contributed by atoms with E-state index in [9.17, 15) is 0 Å². The van der Waals surface area contributed by atoms with Crippen LogP contribution in [0.3, 0.4) is 0 Å². The molecule has 0 aromatic heterocycles. The van der Waals surface area contributed by atoms with Crippen LogP contribution in [0.25, 0.3) is 11.6 Å². The van der Waals surface area contributed by atoms with E-state index in [-0.39, 0.29) is 0 Å². The fourth-order valence-electron chi connectivity index (χ4n) is 3.26. The van der Waals surface area contributed by atoms with Gasteiger partial charge in [-0.3, -0.25) is 0 Å². The molecule has 4 heteroatoms. The molecular formula is C28H34N2O2. The number of hydrogen-bond donors (Lipinski definition) is 0. The average Bonchev–Trinajstić information content (AvgIpc) is 2.78. The van der Waals surface area contributed by atoms with Gasteiger partial charge in [0.2, 0.25) is 0 Å². The Labute approximate surface area is 192 Å². The van der Waals surface area contributed by atoms with Gasteiger partial charge in [-0.2, -0.15) is 0 Å². The molecule has 0 saturated carbocycles. The topological polar surface area (TPSA) is 24.9 Å². The van der Waals surface area contributed by atoms with Crippen molar-refractivity contribution in [2.75, 3.05) is 54.5 Å². The Morgan fingerprint density at radius 3 is 1.84 bits per heavy atom. The van der Waals surface area contributed by atoms with Crippen molar-refractivity contribution >= 4 is 11.6 Å². The van der Waals surface area contributed by atoms with Crippen LogP contribution in [0.15, 0.2) is 78.9 Å². The summed E-state index contributed by atoms with van der Waals surface area (Å²) in [4.78, 5) is 4.23. The fourth-order valence-corrected chi connectivity index (χ4v) is 3.26. The van der Waals surface area contributed by atoms with Crippen molar-refractivity contribution in [1.29, 1.82) is 0 Å². The van der Waals surface area contributed by atoms with Gasteiger partial charge in [0.15, 0.2) is 0 Å². The first-order valence-corrected chi connectivity index (χ1v) is 11.0. The molecule has 0 saturated heterocycles. The molecule has 4 nitrogen and oxygen atoms in total. The van der Waals surface area contributed by atoms with Gasteiger partial charge in [-0.15, -0.1) is 0 Å². The Morgan fingerprint density at radius 2 is 1.22 bits per heavy atom. The molecule has 0 spiro atoms. The molecule has 0 amide bonds. The molecule has 32 heavy (non-hydrogen) atoms.